The summed E-state index contributed by atoms with van der Waals surface area (Å²) < 4.78 is 24.3. The Kier molecular flexibility index (Phi) is 7.46. The lowest BCUT2D eigenvalue weighted by Crippen LogP contribution is -2.52. The van der Waals surface area contributed by atoms with Gasteiger partial charge in [0.1, 0.15) is 22.8 Å². The van der Waals surface area contributed by atoms with Gasteiger partial charge >= 0.3 is 5.97 Å². The zero-order chi connectivity index (χ0) is 28.3. The molecule has 1 aromatic heterocycles. The normalized spacial score (nSPS) is 16.1. The first-order valence-electron chi connectivity index (χ1n) is 13.0. The van der Waals surface area contributed by atoms with Crippen LogP contribution in [0.2, 0.25) is 0 Å². The molecule has 0 fully saturated rings. The maximum atomic E-state index is 14.4. The number of carbonyl (C=O) groups is 3. The SMILES string of the molecule is CCOC(=O)CCCC1(NC(=O)c2cc3ccccc3cn2)C(=O)N(c2ccc(F)cc2)c2cc(OC)ccc21. The summed E-state index contributed by atoms with van der Waals surface area (Å²) in [7, 11) is 1.51. The van der Waals surface area contributed by atoms with Gasteiger partial charge in [-0.05, 0) is 61.5 Å². The molecule has 3 aromatic carbocycles. The molecule has 0 radical (unpaired) electrons. The van der Waals surface area contributed by atoms with Crippen molar-refractivity contribution in [1.29, 1.82) is 0 Å². The van der Waals surface area contributed by atoms with Crippen molar-refractivity contribution in [3.63, 3.8) is 0 Å². The molecule has 0 saturated carbocycles. The molecular formula is C31H28FN3O5. The molecule has 2 amide bonds. The monoisotopic (exact) mass is 541 g/mol. The minimum atomic E-state index is -1.53. The van der Waals surface area contributed by atoms with Crippen molar-refractivity contribution in [3.05, 3.63) is 96.1 Å². The lowest BCUT2D eigenvalue weighted by atomic mass is 9.85. The highest BCUT2D eigenvalue weighted by molar-refractivity contribution is 6.15. The van der Waals surface area contributed by atoms with Gasteiger partial charge < -0.3 is 14.8 Å². The number of nitrogens with zero attached hydrogens (tertiary/aromatic N) is 2. The van der Waals surface area contributed by atoms with E-state index in [0.29, 0.717) is 22.7 Å². The number of nitrogens with one attached hydrogen (secondary N) is 1. The van der Waals surface area contributed by atoms with Crippen molar-refractivity contribution in [1.82, 2.24) is 10.3 Å². The smallest absolute Gasteiger partial charge is 0.305 e. The number of anilines is 2. The van der Waals surface area contributed by atoms with Gasteiger partial charge in [0.2, 0.25) is 0 Å². The number of amides is 2. The van der Waals surface area contributed by atoms with E-state index in [1.54, 1.807) is 37.4 Å². The molecule has 4 aromatic rings. The Morgan fingerprint density at radius 1 is 1.02 bits per heavy atom. The van der Waals surface area contributed by atoms with Crippen molar-refractivity contribution in [2.24, 2.45) is 0 Å². The average Bonchev–Trinajstić information content (AvgIpc) is 3.20. The first-order chi connectivity index (χ1) is 19.4. The van der Waals surface area contributed by atoms with E-state index in [2.05, 4.69) is 10.3 Å². The van der Waals surface area contributed by atoms with Gasteiger partial charge in [0, 0.05) is 35.3 Å². The fourth-order valence-corrected chi connectivity index (χ4v) is 5.07. The number of esters is 1. The maximum Gasteiger partial charge on any atom is 0.305 e. The van der Waals surface area contributed by atoms with Gasteiger partial charge in [0.15, 0.2) is 0 Å². The molecule has 0 saturated heterocycles. The van der Waals surface area contributed by atoms with Crippen molar-refractivity contribution < 1.29 is 28.2 Å². The fourth-order valence-electron chi connectivity index (χ4n) is 5.07. The lowest BCUT2D eigenvalue weighted by Gasteiger charge is -2.30. The van der Waals surface area contributed by atoms with Crippen molar-refractivity contribution in [3.8, 4) is 5.75 Å². The largest absolute Gasteiger partial charge is 0.497 e. The minimum absolute atomic E-state index is 0.0645. The summed E-state index contributed by atoms with van der Waals surface area (Å²) in [5, 5.41) is 4.68. The number of fused-ring (bicyclic) bond motifs is 2. The number of hydrogen-bond donors (Lipinski definition) is 1. The number of methoxy groups -OCH3 is 1. The standard InChI is InChI=1S/C31H28FN3O5/c1-3-40-28(36)9-6-16-31(34-29(37)26-17-20-7-4-5-8-21(20)19-33-26)25-15-14-24(39-2)18-27(25)35(30(31)38)23-12-10-22(32)11-13-23/h4-5,7-8,10-15,17-19H,3,6,9,16H2,1-2H3,(H,34,37). The summed E-state index contributed by atoms with van der Waals surface area (Å²) in [5.74, 6) is -1.32. The van der Waals surface area contributed by atoms with Crippen LogP contribution in [0, 0.1) is 5.82 Å². The molecule has 0 spiro atoms. The zero-order valence-corrected chi connectivity index (χ0v) is 22.1. The number of benzene rings is 3. The average molecular weight is 542 g/mol. The van der Waals surface area contributed by atoms with Crippen LogP contribution in [0.1, 0.15) is 42.2 Å². The first-order valence-corrected chi connectivity index (χ1v) is 13.0. The number of hydrogen-bond acceptors (Lipinski definition) is 6. The van der Waals surface area contributed by atoms with E-state index in [4.69, 9.17) is 9.47 Å². The summed E-state index contributed by atoms with van der Waals surface area (Å²) in [6.07, 6.45) is 2.05. The third-order valence-corrected chi connectivity index (χ3v) is 6.99. The molecule has 40 heavy (non-hydrogen) atoms. The first kappa shape index (κ1) is 26.8. The van der Waals surface area contributed by atoms with Crippen LogP contribution in [0.15, 0.2) is 79.0 Å². The number of pyridine rings is 1. The van der Waals surface area contributed by atoms with Crippen molar-refractivity contribution >= 4 is 39.9 Å². The Morgan fingerprint density at radius 2 is 1.77 bits per heavy atom. The van der Waals surface area contributed by atoms with Crippen molar-refractivity contribution in [2.75, 3.05) is 18.6 Å². The van der Waals surface area contributed by atoms with E-state index in [9.17, 15) is 18.8 Å². The van der Waals surface area contributed by atoms with Crippen LogP contribution in [0.4, 0.5) is 15.8 Å². The third kappa shape index (κ3) is 4.98. The van der Waals surface area contributed by atoms with Crippen LogP contribution in [0.25, 0.3) is 10.8 Å². The zero-order valence-electron chi connectivity index (χ0n) is 22.1. The Bertz CT molecular complexity index is 1590. The molecule has 1 atom stereocenters. The summed E-state index contributed by atoms with van der Waals surface area (Å²) in [6.45, 7) is 1.97. The fraction of sp³-hybridized carbons (Fsp3) is 0.226. The number of carbonyl (C=O) groups excluding carboxylic acids is 3. The Morgan fingerprint density at radius 3 is 2.50 bits per heavy atom. The number of ether oxygens (including phenoxy) is 2. The molecule has 1 aliphatic rings. The highest BCUT2D eigenvalue weighted by atomic mass is 19.1. The summed E-state index contributed by atoms with van der Waals surface area (Å²) in [5.41, 5.74) is 0.0460. The summed E-state index contributed by atoms with van der Waals surface area (Å²) >= 11 is 0. The molecule has 5 rings (SSSR count). The van der Waals surface area contributed by atoms with E-state index in [-0.39, 0.29) is 31.6 Å². The Labute approximate surface area is 230 Å². The lowest BCUT2D eigenvalue weighted by molar-refractivity contribution is -0.143. The van der Waals surface area contributed by atoms with Crippen LogP contribution in [-0.4, -0.2) is 36.5 Å². The maximum absolute atomic E-state index is 14.4. The van der Waals surface area contributed by atoms with Gasteiger partial charge in [-0.1, -0.05) is 30.3 Å². The quantitative estimate of drug-likeness (QED) is 0.284. The van der Waals surface area contributed by atoms with E-state index in [1.165, 1.54) is 36.3 Å². The van der Waals surface area contributed by atoms with Gasteiger partial charge in [0.05, 0.1) is 19.4 Å². The summed E-state index contributed by atoms with van der Waals surface area (Å²) in [6, 6.07) is 19.9. The molecule has 1 N–H and O–H groups in total. The third-order valence-electron chi connectivity index (χ3n) is 6.99. The van der Waals surface area contributed by atoms with E-state index in [0.717, 1.165) is 10.8 Å². The van der Waals surface area contributed by atoms with Crippen LogP contribution in [0.3, 0.4) is 0 Å². The highest BCUT2D eigenvalue weighted by Crippen LogP contribution is 2.48. The summed E-state index contributed by atoms with van der Waals surface area (Å²) in [4.78, 5) is 46.0. The number of aromatic nitrogens is 1. The van der Waals surface area contributed by atoms with E-state index in [1.807, 2.05) is 24.3 Å². The van der Waals surface area contributed by atoms with E-state index >= 15 is 0 Å². The van der Waals surface area contributed by atoms with Crippen LogP contribution in [-0.2, 0) is 19.9 Å². The highest BCUT2D eigenvalue weighted by Gasteiger charge is 2.52. The Balaban J connectivity index is 1.59. The van der Waals surface area contributed by atoms with Gasteiger partial charge in [-0.2, -0.15) is 0 Å². The number of halogens is 1. The second-order valence-electron chi connectivity index (χ2n) is 9.43. The van der Waals surface area contributed by atoms with Crippen molar-refractivity contribution in [2.45, 2.75) is 31.7 Å². The molecule has 1 aliphatic heterocycles. The van der Waals surface area contributed by atoms with Crippen LogP contribution < -0.4 is 15.0 Å². The molecule has 0 bridgehead atoms. The van der Waals surface area contributed by atoms with E-state index < -0.39 is 29.1 Å². The molecule has 0 aliphatic carbocycles. The predicted molar refractivity (Wildman–Crippen MR) is 148 cm³/mol. The second-order valence-corrected chi connectivity index (χ2v) is 9.43. The minimum Gasteiger partial charge on any atom is -0.497 e. The Hall–Kier alpha value is -4.79. The number of rotatable bonds is 9. The van der Waals surface area contributed by atoms with Gasteiger partial charge in [-0.15, -0.1) is 0 Å². The topological polar surface area (TPSA) is 97.8 Å². The van der Waals surface area contributed by atoms with Gasteiger partial charge in [-0.3, -0.25) is 24.3 Å². The van der Waals surface area contributed by atoms with Crippen LogP contribution in [0.5, 0.6) is 5.75 Å². The van der Waals surface area contributed by atoms with Gasteiger partial charge in [-0.25, -0.2) is 4.39 Å². The molecule has 9 heteroatoms. The molecule has 1 unspecified atom stereocenters. The molecule has 204 valence electrons. The van der Waals surface area contributed by atoms with Crippen LogP contribution >= 0.6 is 0 Å². The molecule has 8 nitrogen and oxygen atoms in total. The van der Waals surface area contributed by atoms with Gasteiger partial charge in [0.25, 0.3) is 11.8 Å². The molecular weight excluding hydrogens is 513 g/mol. The second kappa shape index (κ2) is 11.1. The molecule has 2 heterocycles. The predicted octanol–water partition coefficient (Wildman–Crippen LogP) is 5.42.